The molecule has 7 heteroatoms. The number of methoxy groups -OCH3 is 1. The molecule has 0 bridgehead atoms. The quantitative estimate of drug-likeness (QED) is 0.549. The second-order valence-corrected chi connectivity index (χ2v) is 10.6. The smallest absolute Gasteiger partial charge is 0.243 e. The Morgan fingerprint density at radius 1 is 0.912 bits per heavy atom. The molecule has 1 unspecified atom stereocenters. The predicted molar refractivity (Wildman–Crippen MR) is 132 cm³/mol. The summed E-state index contributed by atoms with van der Waals surface area (Å²) in [6.45, 7) is 2.58. The number of carbonyl (C=O) groups excluding carboxylic acids is 1. The zero-order valence-corrected chi connectivity index (χ0v) is 20.3. The third kappa shape index (κ3) is 5.32. The van der Waals surface area contributed by atoms with E-state index in [1.165, 1.54) is 4.31 Å². The van der Waals surface area contributed by atoms with E-state index < -0.39 is 10.0 Å². The number of aryl methyl sites for hydroxylation is 1. The molecule has 1 saturated heterocycles. The van der Waals surface area contributed by atoms with E-state index >= 15 is 0 Å². The first-order valence-corrected chi connectivity index (χ1v) is 12.9. The van der Waals surface area contributed by atoms with Gasteiger partial charge >= 0.3 is 0 Å². The lowest BCUT2D eigenvalue weighted by Gasteiger charge is -2.31. The lowest BCUT2D eigenvalue weighted by Crippen LogP contribution is -2.43. The highest BCUT2D eigenvalue weighted by molar-refractivity contribution is 7.89. The van der Waals surface area contributed by atoms with Gasteiger partial charge in [-0.05, 0) is 55.2 Å². The molecule has 0 saturated carbocycles. The average molecular weight is 479 g/mol. The topological polar surface area (TPSA) is 75.7 Å². The molecule has 1 aliphatic rings. The van der Waals surface area contributed by atoms with E-state index in [2.05, 4.69) is 5.32 Å². The van der Waals surface area contributed by atoms with Crippen molar-refractivity contribution >= 4 is 15.9 Å². The van der Waals surface area contributed by atoms with Gasteiger partial charge in [-0.3, -0.25) is 4.79 Å². The van der Waals surface area contributed by atoms with Crippen LogP contribution in [-0.2, 0) is 14.8 Å². The summed E-state index contributed by atoms with van der Waals surface area (Å²) < 4.78 is 32.7. The Morgan fingerprint density at radius 3 is 2.09 bits per heavy atom. The molecule has 3 aromatic rings. The van der Waals surface area contributed by atoms with E-state index in [1.807, 2.05) is 61.5 Å². The molecule has 0 spiro atoms. The Hall–Kier alpha value is -3.16. The van der Waals surface area contributed by atoms with Crippen LogP contribution in [0.4, 0.5) is 0 Å². The van der Waals surface area contributed by atoms with Crippen molar-refractivity contribution in [1.82, 2.24) is 9.62 Å². The molecular formula is C27H30N2O4S. The van der Waals surface area contributed by atoms with E-state index in [0.29, 0.717) is 30.8 Å². The molecule has 1 heterocycles. The largest absolute Gasteiger partial charge is 0.497 e. The fourth-order valence-electron chi connectivity index (χ4n) is 4.28. The van der Waals surface area contributed by atoms with Crippen molar-refractivity contribution in [2.24, 2.45) is 5.92 Å². The maximum Gasteiger partial charge on any atom is 0.243 e. The van der Waals surface area contributed by atoms with Gasteiger partial charge in [0, 0.05) is 19.0 Å². The summed E-state index contributed by atoms with van der Waals surface area (Å²) in [7, 11) is -1.93. The minimum absolute atomic E-state index is 0.0583. The number of amides is 1. The molecule has 1 N–H and O–H groups in total. The summed E-state index contributed by atoms with van der Waals surface area (Å²) in [5.41, 5.74) is 2.96. The molecule has 3 aromatic carbocycles. The maximum absolute atomic E-state index is 13.2. The van der Waals surface area contributed by atoms with Gasteiger partial charge in [-0.1, -0.05) is 60.2 Å². The molecule has 6 nitrogen and oxygen atoms in total. The van der Waals surface area contributed by atoms with Crippen LogP contribution in [0.5, 0.6) is 5.75 Å². The van der Waals surface area contributed by atoms with Crippen LogP contribution in [0.3, 0.4) is 0 Å². The van der Waals surface area contributed by atoms with Crippen molar-refractivity contribution in [3.8, 4) is 5.75 Å². The Kier molecular flexibility index (Phi) is 7.34. The molecule has 178 valence electrons. The van der Waals surface area contributed by atoms with Gasteiger partial charge in [0.2, 0.25) is 15.9 Å². The molecule has 1 atom stereocenters. The van der Waals surface area contributed by atoms with Crippen LogP contribution >= 0.6 is 0 Å². The number of benzene rings is 3. The lowest BCUT2D eigenvalue weighted by atomic mass is 9.94. The molecule has 4 rings (SSSR count). The van der Waals surface area contributed by atoms with Gasteiger partial charge in [0.05, 0.1) is 18.0 Å². The van der Waals surface area contributed by atoms with Gasteiger partial charge < -0.3 is 10.1 Å². The minimum atomic E-state index is -3.55. The van der Waals surface area contributed by atoms with E-state index in [0.717, 1.165) is 22.4 Å². The Balaban J connectivity index is 1.45. The number of hydrogen-bond acceptors (Lipinski definition) is 4. The zero-order valence-electron chi connectivity index (χ0n) is 19.5. The van der Waals surface area contributed by atoms with Gasteiger partial charge in [-0.25, -0.2) is 8.42 Å². The highest BCUT2D eigenvalue weighted by atomic mass is 32.2. The fourth-order valence-corrected chi connectivity index (χ4v) is 5.75. The Bertz CT molecular complexity index is 1200. The highest BCUT2D eigenvalue weighted by Gasteiger charge is 2.33. The van der Waals surface area contributed by atoms with Crippen LogP contribution in [-0.4, -0.2) is 38.8 Å². The second-order valence-electron chi connectivity index (χ2n) is 8.62. The summed E-state index contributed by atoms with van der Waals surface area (Å²) >= 11 is 0. The molecule has 1 amide bonds. The molecule has 0 aliphatic carbocycles. The SMILES string of the molecule is COc1ccc(C(NC(=O)C2CCN(S(=O)(=O)c3ccc(C)cc3)CC2)c2ccccc2)cc1. The third-order valence-electron chi connectivity index (χ3n) is 6.35. The van der Waals surface area contributed by atoms with Crippen molar-refractivity contribution < 1.29 is 17.9 Å². The van der Waals surface area contributed by atoms with Crippen LogP contribution in [0.1, 0.15) is 35.6 Å². The maximum atomic E-state index is 13.2. The summed E-state index contributed by atoms with van der Waals surface area (Å²) in [4.78, 5) is 13.5. The van der Waals surface area contributed by atoms with E-state index in [4.69, 9.17) is 4.74 Å². The van der Waals surface area contributed by atoms with Crippen LogP contribution in [0.2, 0.25) is 0 Å². The second kappa shape index (κ2) is 10.4. The molecule has 34 heavy (non-hydrogen) atoms. The van der Waals surface area contributed by atoms with Crippen LogP contribution in [0.25, 0.3) is 0 Å². The highest BCUT2D eigenvalue weighted by Crippen LogP contribution is 2.28. The van der Waals surface area contributed by atoms with E-state index in [1.54, 1.807) is 31.4 Å². The number of rotatable bonds is 7. The number of nitrogens with zero attached hydrogens (tertiary/aromatic N) is 1. The van der Waals surface area contributed by atoms with Crippen molar-refractivity contribution in [3.63, 3.8) is 0 Å². The van der Waals surface area contributed by atoms with Gasteiger partial charge in [0.25, 0.3) is 0 Å². The minimum Gasteiger partial charge on any atom is -0.497 e. The first kappa shape index (κ1) is 24.0. The number of carbonyl (C=O) groups is 1. The van der Waals surface area contributed by atoms with Crippen molar-refractivity contribution in [2.75, 3.05) is 20.2 Å². The van der Waals surface area contributed by atoms with Crippen LogP contribution in [0, 0.1) is 12.8 Å². The molecule has 0 radical (unpaired) electrons. The summed E-state index contributed by atoms with van der Waals surface area (Å²) in [5, 5.41) is 3.20. The Labute approximate surface area is 201 Å². The van der Waals surface area contributed by atoms with E-state index in [-0.39, 0.29) is 17.9 Å². The molecule has 0 aromatic heterocycles. The average Bonchev–Trinajstić information content (AvgIpc) is 2.88. The number of nitrogens with one attached hydrogen (secondary N) is 1. The van der Waals surface area contributed by atoms with Crippen molar-refractivity contribution in [1.29, 1.82) is 0 Å². The normalized spacial score (nSPS) is 16.1. The van der Waals surface area contributed by atoms with Gasteiger partial charge in [-0.15, -0.1) is 0 Å². The Morgan fingerprint density at radius 2 is 1.50 bits per heavy atom. The summed E-state index contributed by atoms with van der Waals surface area (Å²) in [5.74, 6) is 0.454. The van der Waals surface area contributed by atoms with Crippen LogP contribution < -0.4 is 10.1 Å². The predicted octanol–water partition coefficient (Wildman–Crippen LogP) is 4.31. The molecular weight excluding hydrogens is 448 g/mol. The van der Waals surface area contributed by atoms with Crippen LogP contribution in [0.15, 0.2) is 83.8 Å². The number of ether oxygens (including phenoxy) is 1. The monoisotopic (exact) mass is 478 g/mol. The number of hydrogen-bond donors (Lipinski definition) is 1. The van der Waals surface area contributed by atoms with Crippen molar-refractivity contribution in [3.05, 3.63) is 95.6 Å². The fraction of sp³-hybridized carbons (Fsp3) is 0.296. The van der Waals surface area contributed by atoms with Gasteiger partial charge in [0.1, 0.15) is 5.75 Å². The summed E-state index contributed by atoms with van der Waals surface area (Å²) in [6.07, 6.45) is 0.974. The number of sulfonamides is 1. The van der Waals surface area contributed by atoms with Gasteiger partial charge in [-0.2, -0.15) is 4.31 Å². The van der Waals surface area contributed by atoms with E-state index in [9.17, 15) is 13.2 Å². The first-order valence-electron chi connectivity index (χ1n) is 11.4. The lowest BCUT2D eigenvalue weighted by molar-refractivity contribution is -0.126. The third-order valence-corrected chi connectivity index (χ3v) is 8.26. The number of piperidine rings is 1. The van der Waals surface area contributed by atoms with Crippen molar-refractivity contribution in [2.45, 2.75) is 30.7 Å². The first-order chi connectivity index (χ1) is 16.4. The molecule has 1 fully saturated rings. The standard InChI is InChI=1S/C27H30N2O4S/c1-20-8-14-25(15-9-20)34(31,32)29-18-16-23(17-19-29)27(30)28-26(21-6-4-3-5-7-21)22-10-12-24(33-2)13-11-22/h3-15,23,26H,16-19H2,1-2H3,(H,28,30). The molecule has 1 aliphatic heterocycles. The zero-order chi connectivity index (χ0) is 24.1. The van der Waals surface area contributed by atoms with Gasteiger partial charge in [0.15, 0.2) is 0 Å². The summed E-state index contributed by atoms with van der Waals surface area (Å²) in [6, 6.07) is 24.1.